The van der Waals surface area contributed by atoms with Gasteiger partial charge in [0.25, 0.3) is 0 Å². The average Bonchev–Trinajstić information content (AvgIpc) is 2.86. The molecule has 0 aliphatic rings. The van der Waals surface area contributed by atoms with Crippen molar-refractivity contribution in [3.63, 3.8) is 0 Å². The van der Waals surface area contributed by atoms with Crippen LogP contribution in [0.25, 0.3) is 0 Å². The number of nitrogens with zero attached hydrogens (tertiary/aromatic N) is 2. The Kier molecular flexibility index (Phi) is 10.2. The van der Waals surface area contributed by atoms with Gasteiger partial charge in [-0.25, -0.2) is 8.42 Å². The number of nitrogens with one attached hydrogen (secondary N) is 1. The zero-order valence-electron chi connectivity index (χ0n) is 23.0. The molecule has 9 heteroatoms. The lowest BCUT2D eigenvalue weighted by atomic mass is 10.0. The fourth-order valence-electron chi connectivity index (χ4n) is 4.50. The molecule has 0 aliphatic carbocycles. The quantitative estimate of drug-likeness (QED) is 0.356. The third-order valence-corrected chi connectivity index (χ3v) is 7.70. The van der Waals surface area contributed by atoms with Gasteiger partial charge in [0.15, 0.2) is 0 Å². The molecular formula is C30H36ClN3O4S. The van der Waals surface area contributed by atoms with Crippen molar-refractivity contribution in [2.75, 3.05) is 17.1 Å². The normalized spacial score (nSPS) is 12.2. The van der Waals surface area contributed by atoms with Crippen molar-refractivity contribution in [1.82, 2.24) is 10.2 Å². The summed E-state index contributed by atoms with van der Waals surface area (Å²) >= 11 is 6.09. The third kappa shape index (κ3) is 8.31. The summed E-state index contributed by atoms with van der Waals surface area (Å²) in [5.74, 6) is -0.799. The number of halogens is 1. The highest BCUT2D eigenvalue weighted by Gasteiger charge is 2.33. The van der Waals surface area contributed by atoms with Gasteiger partial charge < -0.3 is 10.2 Å². The van der Waals surface area contributed by atoms with Crippen LogP contribution in [0.3, 0.4) is 0 Å². The Morgan fingerprint density at radius 2 is 1.46 bits per heavy atom. The minimum Gasteiger partial charge on any atom is -0.352 e. The zero-order valence-corrected chi connectivity index (χ0v) is 24.6. The van der Waals surface area contributed by atoms with E-state index < -0.39 is 28.5 Å². The van der Waals surface area contributed by atoms with Crippen LogP contribution in [0.15, 0.2) is 72.8 Å². The van der Waals surface area contributed by atoms with Gasteiger partial charge in [-0.1, -0.05) is 72.3 Å². The van der Waals surface area contributed by atoms with E-state index in [1.807, 2.05) is 76.2 Å². The smallest absolute Gasteiger partial charge is 0.244 e. The lowest BCUT2D eigenvalue weighted by molar-refractivity contribution is -0.140. The Bertz CT molecular complexity index is 1370. The van der Waals surface area contributed by atoms with Crippen molar-refractivity contribution in [1.29, 1.82) is 0 Å². The minimum atomic E-state index is -3.83. The van der Waals surface area contributed by atoms with E-state index in [4.69, 9.17) is 11.6 Å². The first-order chi connectivity index (χ1) is 18.4. The van der Waals surface area contributed by atoms with Crippen LogP contribution in [0.4, 0.5) is 5.69 Å². The van der Waals surface area contributed by atoms with Gasteiger partial charge in [-0.3, -0.25) is 13.9 Å². The van der Waals surface area contributed by atoms with Gasteiger partial charge in [0.2, 0.25) is 21.8 Å². The summed E-state index contributed by atoms with van der Waals surface area (Å²) in [6, 6.07) is 20.9. The van der Waals surface area contributed by atoms with E-state index in [1.165, 1.54) is 4.90 Å². The average molecular weight is 570 g/mol. The summed E-state index contributed by atoms with van der Waals surface area (Å²) in [6.45, 7) is 6.99. The van der Waals surface area contributed by atoms with Gasteiger partial charge in [-0.15, -0.1) is 0 Å². The number of amides is 2. The molecule has 7 nitrogen and oxygen atoms in total. The van der Waals surface area contributed by atoms with E-state index in [9.17, 15) is 18.0 Å². The Hall–Kier alpha value is -3.36. The van der Waals surface area contributed by atoms with E-state index in [1.54, 1.807) is 24.3 Å². The van der Waals surface area contributed by atoms with Crippen molar-refractivity contribution < 1.29 is 18.0 Å². The molecule has 0 saturated heterocycles. The lowest BCUT2D eigenvalue weighted by Crippen LogP contribution is -2.54. The lowest BCUT2D eigenvalue weighted by Gasteiger charge is -2.34. The van der Waals surface area contributed by atoms with Crippen molar-refractivity contribution in [3.05, 3.63) is 100 Å². The zero-order chi connectivity index (χ0) is 28.7. The highest BCUT2D eigenvalue weighted by Crippen LogP contribution is 2.27. The maximum atomic E-state index is 14.1. The fraction of sp³-hybridized carbons (Fsp3) is 0.333. The molecule has 0 saturated carbocycles. The molecule has 1 atom stereocenters. The molecule has 2 amide bonds. The third-order valence-electron chi connectivity index (χ3n) is 6.34. The number of rotatable bonds is 11. The number of carbonyl (C=O) groups is 2. The molecule has 0 aromatic heterocycles. The molecule has 3 aromatic rings. The molecule has 0 fully saturated rings. The molecule has 39 heavy (non-hydrogen) atoms. The number of benzene rings is 3. The summed E-state index contributed by atoms with van der Waals surface area (Å²) < 4.78 is 27.1. The first-order valence-corrected chi connectivity index (χ1v) is 15.0. The summed E-state index contributed by atoms with van der Waals surface area (Å²) in [5, 5.41) is 3.49. The van der Waals surface area contributed by atoms with E-state index in [0.717, 1.165) is 32.8 Å². The Labute approximate surface area is 236 Å². The largest absolute Gasteiger partial charge is 0.352 e. The second-order valence-corrected chi connectivity index (χ2v) is 12.4. The second kappa shape index (κ2) is 13.1. The summed E-state index contributed by atoms with van der Waals surface area (Å²) in [4.78, 5) is 29.1. The van der Waals surface area contributed by atoms with Gasteiger partial charge in [-0.2, -0.15) is 0 Å². The van der Waals surface area contributed by atoms with Crippen LogP contribution < -0.4 is 9.62 Å². The second-order valence-electron chi connectivity index (χ2n) is 10.0. The van der Waals surface area contributed by atoms with E-state index in [0.29, 0.717) is 10.7 Å². The highest BCUT2D eigenvalue weighted by molar-refractivity contribution is 7.92. The van der Waals surface area contributed by atoms with E-state index in [-0.39, 0.29) is 24.9 Å². The van der Waals surface area contributed by atoms with Crippen molar-refractivity contribution in [2.45, 2.75) is 52.7 Å². The van der Waals surface area contributed by atoms with Crippen LogP contribution in [0.5, 0.6) is 0 Å². The Morgan fingerprint density at radius 3 is 2.00 bits per heavy atom. The van der Waals surface area contributed by atoms with Gasteiger partial charge >= 0.3 is 0 Å². The number of carbonyl (C=O) groups excluding carboxylic acids is 2. The predicted octanol–water partition coefficient (Wildman–Crippen LogP) is 4.89. The molecule has 0 aliphatic heterocycles. The van der Waals surface area contributed by atoms with E-state index in [2.05, 4.69) is 5.32 Å². The fourth-order valence-corrected chi connectivity index (χ4v) is 5.59. The molecule has 0 radical (unpaired) electrons. The molecular weight excluding hydrogens is 534 g/mol. The highest BCUT2D eigenvalue weighted by atomic mass is 35.5. The predicted molar refractivity (Wildman–Crippen MR) is 157 cm³/mol. The molecule has 0 unspecified atom stereocenters. The Balaban J connectivity index is 2.08. The van der Waals surface area contributed by atoms with Crippen LogP contribution in [0.1, 0.15) is 36.1 Å². The monoisotopic (exact) mass is 569 g/mol. The SMILES string of the molecule is Cc1cccc(C)c1N(CC(=O)N(Cc1ccc(Cl)cc1)[C@H](Cc1ccccc1)C(=O)NC(C)C)S(C)(=O)=O. The Morgan fingerprint density at radius 1 is 0.872 bits per heavy atom. The number of hydrogen-bond acceptors (Lipinski definition) is 4. The maximum Gasteiger partial charge on any atom is 0.244 e. The molecule has 0 bridgehead atoms. The van der Waals surface area contributed by atoms with Crippen molar-refractivity contribution in [3.8, 4) is 0 Å². The molecule has 0 heterocycles. The molecule has 3 rings (SSSR count). The maximum absolute atomic E-state index is 14.1. The molecule has 3 aromatic carbocycles. The standard InChI is InChI=1S/C30H36ClN3O4S/c1-21(2)32-30(36)27(18-24-12-7-6-8-13-24)33(19-25-14-16-26(31)17-15-25)28(35)20-34(39(5,37)38)29-22(3)10-9-11-23(29)4/h6-17,21,27H,18-20H2,1-5H3,(H,32,36)/t27-/m1/s1. The van der Waals surface area contributed by atoms with Gasteiger partial charge in [0, 0.05) is 24.0 Å². The molecule has 208 valence electrons. The minimum absolute atomic E-state index is 0.101. The topological polar surface area (TPSA) is 86.8 Å². The van der Waals surface area contributed by atoms with Crippen LogP contribution in [-0.4, -0.2) is 50.0 Å². The summed E-state index contributed by atoms with van der Waals surface area (Å²) in [7, 11) is -3.83. The van der Waals surface area contributed by atoms with Crippen molar-refractivity contribution in [2.24, 2.45) is 0 Å². The van der Waals surface area contributed by atoms with Crippen LogP contribution in [0, 0.1) is 13.8 Å². The molecule has 1 N–H and O–H groups in total. The summed E-state index contributed by atoms with van der Waals surface area (Å²) in [6.07, 6.45) is 1.35. The number of para-hydroxylation sites is 1. The van der Waals surface area contributed by atoms with Crippen molar-refractivity contribution >= 4 is 39.1 Å². The molecule has 0 spiro atoms. The summed E-state index contributed by atoms with van der Waals surface area (Å²) in [5.41, 5.74) is 3.57. The van der Waals surface area contributed by atoms with Gasteiger partial charge in [0.05, 0.1) is 11.9 Å². The first-order valence-electron chi connectivity index (χ1n) is 12.8. The van der Waals surface area contributed by atoms with Crippen LogP contribution >= 0.6 is 11.6 Å². The van der Waals surface area contributed by atoms with Crippen LogP contribution in [-0.2, 0) is 32.6 Å². The van der Waals surface area contributed by atoms with Crippen LogP contribution in [0.2, 0.25) is 5.02 Å². The number of anilines is 1. The van der Waals surface area contributed by atoms with Gasteiger partial charge in [0.1, 0.15) is 12.6 Å². The van der Waals surface area contributed by atoms with E-state index >= 15 is 0 Å². The number of sulfonamides is 1. The van der Waals surface area contributed by atoms with Gasteiger partial charge in [-0.05, 0) is 62.1 Å². The number of aryl methyl sites for hydroxylation is 2. The first kappa shape index (κ1) is 30.2. The number of hydrogen-bond donors (Lipinski definition) is 1.